The Morgan fingerprint density at radius 1 is 1.02 bits per heavy atom. The minimum absolute atomic E-state index is 0.0921. The van der Waals surface area contributed by atoms with Gasteiger partial charge in [-0.2, -0.15) is 0 Å². The molecule has 1 aromatic carbocycles. The Hall–Kier alpha value is -2.26. The summed E-state index contributed by atoms with van der Waals surface area (Å²) in [4.78, 5) is 11.0. The number of hydrogen-bond donors (Lipinski definition) is 0. The number of Topliss-reactive ketones (excluding diaryl/α,β-unsaturated/α-hetero) is 1. The standard InChI is InChI=1S/C13H18O.C8H18O.C8H10.C5H11F.C3H6.C2H6/c1-7-13(9(2)3)11(5)8-10(4)12(6)14;1-4-6-9-7-8(3)5-2;1-7-4-3-5-8(2)6-7;1-4-5(2,3)6;1-2-3-1;1-2/h7-8H,1-2H2,3-6H3;8H,4-7H2,1-3H3;3-6H,1-2H3;4H2,1-3H3;1-3H2;1-2H3/b10-8+,13-11+;;;;;. The maximum Gasteiger partial charge on any atom is 0.155 e. The van der Waals surface area contributed by atoms with Crippen LogP contribution in [0.2, 0.25) is 0 Å². The molecule has 0 spiro atoms. The predicted molar refractivity (Wildman–Crippen MR) is 189 cm³/mol. The molecule has 2 rings (SSSR count). The number of benzene rings is 1. The molecule has 0 aromatic heterocycles. The molecule has 0 amide bonds. The fourth-order valence-electron chi connectivity index (χ4n) is 2.53. The van der Waals surface area contributed by atoms with Crippen LogP contribution in [-0.2, 0) is 9.53 Å². The Labute approximate surface area is 262 Å². The minimum atomic E-state index is -0.958. The predicted octanol–water partition coefficient (Wildman–Crippen LogP) is 12.7. The van der Waals surface area contributed by atoms with E-state index in [-0.39, 0.29) is 5.78 Å². The summed E-state index contributed by atoms with van der Waals surface area (Å²) in [7, 11) is 0. The zero-order chi connectivity index (χ0) is 33.7. The lowest BCUT2D eigenvalue weighted by molar-refractivity contribution is -0.113. The van der Waals surface area contributed by atoms with Crippen LogP contribution in [-0.4, -0.2) is 24.7 Å². The van der Waals surface area contributed by atoms with Crippen LogP contribution in [0.1, 0.15) is 133 Å². The number of carbonyl (C=O) groups excluding carboxylic acids is 1. The van der Waals surface area contributed by atoms with Crippen molar-refractivity contribution in [2.45, 2.75) is 141 Å². The molecule has 0 heterocycles. The van der Waals surface area contributed by atoms with E-state index < -0.39 is 5.67 Å². The van der Waals surface area contributed by atoms with Gasteiger partial charge in [0, 0.05) is 13.2 Å². The molecule has 0 bridgehead atoms. The third kappa shape index (κ3) is 37.7. The second kappa shape index (κ2) is 30.2. The van der Waals surface area contributed by atoms with Gasteiger partial charge in [-0.1, -0.05) is 134 Å². The number of aryl methyl sites for hydroxylation is 2. The van der Waals surface area contributed by atoms with Gasteiger partial charge in [-0.25, -0.2) is 4.39 Å². The smallest absolute Gasteiger partial charge is 0.155 e. The molecule has 42 heavy (non-hydrogen) atoms. The fraction of sp³-hybridized carbons (Fsp3) is 0.615. The third-order valence-electron chi connectivity index (χ3n) is 5.89. The molecule has 1 aliphatic carbocycles. The highest BCUT2D eigenvalue weighted by Crippen LogP contribution is 2.16. The van der Waals surface area contributed by atoms with E-state index in [1.54, 1.807) is 26.8 Å². The van der Waals surface area contributed by atoms with Crippen LogP contribution in [0.25, 0.3) is 0 Å². The first-order valence-corrected chi connectivity index (χ1v) is 16.0. The van der Waals surface area contributed by atoms with Crippen molar-refractivity contribution in [1.82, 2.24) is 0 Å². The molecule has 0 aliphatic heterocycles. The number of allylic oxidation sites excluding steroid dienone is 6. The van der Waals surface area contributed by atoms with Crippen molar-refractivity contribution in [3.8, 4) is 0 Å². The van der Waals surface area contributed by atoms with Crippen molar-refractivity contribution in [2.75, 3.05) is 13.2 Å². The average molecular weight is 589 g/mol. The molecule has 1 fully saturated rings. The van der Waals surface area contributed by atoms with E-state index in [9.17, 15) is 9.18 Å². The van der Waals surface area contributed by atoms with Crippen LogP contribution in [0.4, 0.5) is 4.39 Å². The average Bonchev–Trinajstić information content (AvgIpc) is 3.80. The number of halogens is 1. The molecule has 3 heteroatoms. The van der Waals surface area contributed by atoms with Gasteiger partial charge < -0.3 is 4.74 Å². The van der Waals surface area contributed by atoms with Gasteiger partial charge in [-0.3, -0.25) is 4.79 Å². The second-order valence-corrected chi connectivity index (χ2v) is 11.3. The van der Waals surface area contributed by atoms with Crippen molar-refractivity contribution in [3.63, 3.8) is 0 Å². The van der Waals surface area contributed by atoms with Gasteiger partial charge in [0.2, 0.25) is 0 Å². The van der Waals surface area contributed by atoms with Crippen LogP contribution in [0.15, 0.2) is 71.9 Å². The number of alkyl halides is 1. The summed E-state index contributed by atoms with van der Waals surface area (Å²) in [6.45, 7) is 36.4. The van der Waals surface area contributed by atoms with Crippen LogP contribution < -0.4 is 0 Å². The van der Waals surface area contributed by atoms with Crippen molar-refractivity contribution < 1.29 is 13.9 Å². The number of rotatable bonds is 10. The summed E-state index contributed by atoms with van der Waals surface area (Å²) in [6, 6.07) is 8.45. The molecule has 1 aromatic rings. The number of ketones is 1. The fourth-order valence-corrected chi connectivity index (χ4v) is 2.53. The topological polar surface area (TPSA) is 26.3 Å². The van der Waals surface area contributed by atoms with E-state index >= 15 is 0 Å². The van der Waals surface area contributed by atoms with Gasteiger partial charge in [0.05, 0.1) is 0 Å². The molecule has 1 atom stereocenters. The molecule has 1 aliphatic rings. The molecule has 2 nitrogen and oxygen atoms in total. The first-order valence-electron chi connectivity index (χ1n) is 16.0. The quantitative estimate of drug-likeness (QED) is 0.154. The summed E-state index contributed by atoms with van der Waals surface area (Å²) >= 11 is 0. The molecule has 1 unspecified atom stereocenters. The minimum Gasteiger partial charge on any atom is -0.381 e. The Balaban J connectivity index is -0.000000225. The summed E-state index contributed by atoms with van der Waals surface area (Å²) < 4.78 is 17.5. The Bertz CT molecular complexity index is 862. The van der Waals surface area contributed by atoms with E-state index in [2.05, 4.69) is 72.0 Å². The van der Waals surface area contributed by atoms with Gasteiger partial charge in [0.15, 0.2) is 5.78 Å². The Morgan fingerprint density at radius 3 is 1.71 bits per heavy atom. The molecule has 1 saturated carbocycles. The molecule has 0 N–H and O–H groups in total. The lowest BCUT2D eigenvalue weighted by Crippen LogP contribution is -2.07. The maximum absolute atomic E-state index is 12.1. The van der Waals surface area contributed by atoms with Crippen LogP contribution in [0.5, 0.6) is 0 Å². The molecular formula is C39H69FO2. The zero-order valence-electron chi connectivity index (χ0n) is 30.3. The van der Waals surface area contributed by atoms with Crippen LogP contribution in [0, 0.1) is 19.8 Å². The van der Waals surface area contributed by atoms with Crippen molar-refractivity contribution in [2.24, 2.45) is 5.92 Å². The van der Waals surface area contributed by atoms with Gasteiger partial charge in [0.25, 0.3) is 0 Å². The number of carbonyl (C=O) groups is 1. The SMILES string of the molecule is C1CC1.C=C/C(C(=C)C)=C(C)\C=C(/C)C(C)=O.CC.CCC(C)(C)F.CCCOCC(C)CC.Cc1cccc(C)c1. The summed E-state index contributed by atoms with van der Waals surface area (Å²) in [5.41, 5.74) is 5.47. The van der Waals surface area contributed by atoms with Crippen molar-refractivity contribution in [1.29, 1.82) is 0 Å². The van der Waals surface area contributed by atoms with E-state index in [4.69, 9.17) is 4.74 Å². The Morgan fingerprint density at radius 2 is 1.48 bits per heavy atom. The Kier molecular flexibility index (Phi) is 33.6. The van der Waals surface area contributed by atoms with Crippen molar-refractivity contribution in [3.05, 3.63) is 83.0 Å². The van der Waals surface area contributed by atoms with Crippen LogP contribution in [0.3, 0.4) is 0 Å². The monoisotopic (exact) mass is 589 g/mol. The molecule has 244 valence electrons. The highest BCUT2D eigenvalue weighted by molar-refractivity contribution is 5.93. The first-order chi connectivity index (χ1) is 19.6. The van der Waals surface area contributed by atoms with E-state index in [1.165, 1.54) is 36.8 Å². The first kappa shape index (κ1) is 46.7. The third-order valence-corrected chi connectivity index (χ3v) is 5.89. The van der Waals surface area contributed by atoms with Gasteiger partial charge >= 0.3 is 0 Å². The summed E-state index contributed by atoms with van der Waals surface area (Å²) in [5.74, 6) is 0.825. The highest BCUT2D eigenvalue weighted by Gasteiger charge is 2.09. The van der Waals surface area contributed by atoms with Gasteiger partial charge in [-0.15, -0.1) is 0 Å². The van der Waals surface area contributed by atoms with E-state index in [1.807, 2.05) is 47.6 Å². The summed E-state index contributed by atoms with van der Waals surface area (Å²) in [5, 5.41) is 0. The van der Waals surface area contributed by atoms with E-state index in [0.717, 1.165) is 47.8 Å². The normalized spacial score (nSPS) is 12.7. The van der Waals surface area contributed by atoms with Crippen LogP contribution >= 0.6 is 0 Å². The zero-order valence-corrected chi connectivity index (χ0v) is 30.3. The largest absolute Gasteiger partial charge is 0.381 e. The molecule has 0 radical (unpaired) electrons. The van der Waals surface area contributed by atoms with Gasteiger partial charge in [0.1, 0.15) is 5.67 Å². The van der Waals surface area contributed by atoms with Gasteiger partial charge in [-0.05, 0) is 90.9 Å². The summed E-state index contributed by atoms with van der Waals surface area (Å²) in [6.07, 6.45) is 11.1. The highest BCUT2D eigenvalue weighted by atomic mass is 19.1. The maximum atomic E-state index is 12.1. The molecular weight excluding hydrogens is 519 g/mol. The van der Waals surface area contributed by atoms with Crippen molar-refractivity contribution >= 4 is 5.78 Å². The lowest BCUT2D eigenvalue weighted by Gasteiger charge is -2.07. The number of hydrogen-bond acceptors (Lipinski definition) is 2. The van der Waals surface area contributed by atoms with E-state index in [0.29, 0.717) is 6.42 Å². The molecule has 0 saturated heterocycles. The lowest BCUT2D eigenvalue weighted by atomic mass is 10.0. The second-order valence-electron chi connectivity index (χ2n) is 11.3. The number of ether oxygens (including phenoxy) is 1.